The summed E-state index contributed by atoms with van der Waals surface area (Å²) in [6.45, 7) is 11.0. The Morgan fingerprint density at radius 2 is 2.12 bits per heavy atom. The highest BCUT2D eigenvalue weighted by Crippen LogP contribution is 2.26. The van der Waals surface area contributed by atoms with Gasteiger partial charge in [-0.05, 0) is 32.9 Å². The van der Waals surface area contributed by atoms with E-state index in [0.717, 1.165) is 30.4 Å². The maximum absolute atomic E-state index is 4.73. The van der Waals surface area contributed by atoms with Gasteiger partial charge in [0.25, 0.3) is 0 Å². The van der Waals surface area contributed by atoms with Crippen molar-refractivity contribution in [2.75, 3.05) is 32.9 Å². The Kier molecular flexibility index (Phi) is 4.90. The van der Waals surface area contributed by atoms with Crippen molar-refractivity contribution >= 4 is 16.9 Å². The van der Waals surface area contributed by atoms with E-state index in [2.05, 4.69) is 52.0 Å². The summed E-state index contributed by atoms with van der Waals surface area (Å²) in [6, 6.07) is 0. The lowest BCUT2D eigenvalue weighted by molar-refractivity contribution is 0.249. The summed E-state index contributed by atoms with van der Waals surface area (Å²) in [6.07, 6.45) is 1.15. The fourth-order valence-electron chi connectivity index (χ4n) is 2.03. The van der Waals surface area contributed by atoms with E-state index in [1.54, 1.807) is 0 Å². The number of nitrogens with zero attached hydrogens (tertiary/aromatic N) is 2. The lowest BCUT2D eigenvalue weighted by Crippen LogP contribution is -2.40. The van der Waals surface area contributed by atoms with Crippen LogP contribution in [0.5, 0.6) is 0 Å². The molecule has 0 aliphatic carbocycles. The van der Waals surface area contributed by atoms with Crippen molar-refractivity contribution in [1.29, 1.82) is 0 Å². The van der Waals surface area contributed by atoms with Crippen molar-refractivity contribution in [3.05, 3.63) is 0 Å². The van der Waals surface area contributed by atoms with Gasteiger partial charge in [0.05, 0.1) is 0 Å². The number of thioether (sulfide) groups is 1. The van der Waals surface area contributed by atoms with Crippen molar-refractivity contribution in [3.63, 3.8) is 0 Å². The molecule has 17 heavy (non-hydrogen) atoms. The first-order valence-corrected chi connectivity index (χ1v) is 7.35. The molecule has 1 heterocycles. The Balaban J connectivity index is 2.50. The maximum atomic E-state index is 4.73. The Bertz CT molecular complexity index is 286. The molecular weight excluding hydrogens is 230 g/mol. The summed E-state index contributed by atoms with van der Waals surface area (Å²) in [5.74, 6) is 1.14. The Labute approximate surface area is 110 Å². The molecule has 1 saturated heterocycles. The molecule has 1 atom stereocenters. The average Bonchev–Trinajstić information content (AvgIpc) is 2.57. The topological polar surface area (TPSA) is 27.6 Å². The van der Waals surface area contributed by atoms with E-state index in [1.165, 1.54) is 0 Å². The number of hydrogen-bond acceptors (Lipinski definition) is 3. The van der Waals surface area contributed by atoms with Crippen LogP contribution in [-0.4, -0.2) is 48.5 Å². The van der Waals surface area contributed by atoms with Crippen molar-refractivity contribution in [2.45, 2.75) is 39.7 Å². The summed E-state index contributed by atoms with van der Waals surface area (Å²) in [7, 11) is 4.23. The minimum absolute atomic E-state index is 0.240. The molecule has 0 radical (unpaired) electrons. The molecule has 1 aliphatic rings. The second-order valence-electron chi connectivity index (χ2n) is 6.35. The van der Waals surface area contributed by atoms with E-state index >= 15 is 0 Å². The van der Waals surface area contributed by atoms with Crippen LogP contribution >= 0.6 is 11.8 Å². The first-order chi connectivity index (χ1) is 7.76. The normalized spacial score (nSPS) is 27.8. The molecule has 1 aliphatic heterocycles. The van der Waals surface area contributed by atoms with Gasteiger partial charge in [-0.15, -0.1) is 0 Å². The van der Waals surface area contributed by atoms with E-state index in [0.29, 0.717) is 0 Å². The molecule has 1 N–H and O–H groups in total. The molecule has 100 valence electrons. The van der Waals surface area contributed by atoms with Gasteiger partial charge in [0.2, 0.25) is 0 Å². The molecule has 1 rings (SSSR count). The Morgan fingerprint density at radius 1 is 1.47 bits per heavy atom. The van der Waals surface area contributed by atoms with Crippen LogP contribution in [0, 0.1) is 5.41 Å². The lowest BCUT2D eigenvalue weighted by Gasteiger charge is -2.26. The van der Waals surface area contributed by atoms with E-state index < -0.39 is 0 Å². The molecule has 0 saturated carbocycles. The van der Waals surface area contributed by atoms with Gasteiger partial charge >= 0.3 is 0 Å². The summed E-state index contributed by atoms with van der Waals surface area (Å²) in [5.41, 5.74) is 0.485. The van der Waals surface area contributed by atoms with Crippen LogP contribution in [0.15, 0.2) is 4.99 Å². The molecule has 4 heteroatoms. The van der Waals surface area contributed by atoms with Crippen molar-refractivity contribution in [1.82, 2.24) is 10.2 Å². The Morgan fingerprint density at radius 3 is 2.59 bits per heavy atom. The molecule has 3 nitrogen and oxygen atoms in total. The summed E-state index contributed by atoms with van der Waals surface area (Å²) >= 11 is 1.86. The number of hydrogen-bond donors (Lipinski definition) is 1. The summed E-state index contributed by atoms with van der Waals surface area (Å²) in [4.78, 5) is 6.96. The third kappa shape index (κ3) is 4.88. The third-order valence-electron chi connectivity index (χ3n) is 3.11. The van der Waals surface area contributed by atoms with Gasteiger partial charge in [0.1, 0.15) is 0 Å². The molecule has 0 amide bonds. The zero-order valence-electron chi connectivity index (χ0n) is 12.1. The van der Waals surface area contributed by atoms with Crippen molar-refractivity contribution in [3.8, 4) is 0 Å². The quantitative estimate of drug-likeness (QED) is 0.820. The highest BCUT2D eigenvalue weighted by atomic mass is 32.2. The smallest absolute Gasteiger partial charge is 0.157 e. The predicted octanol–water partition coefficient (Wildman–Crippen LogP) is 2.44. The standard InChI is InChI=1S/C13H27N3S/c1-7-13(4)10-17-11(15-13)14-8-12(2,3)9-16(5)6/h7-10H2,1-6H3,(H,14,15). The van der Waals surface area contributed by atoms with Gasteiger partial charge in [0, 0.05) is 24.4 Å². The van der Waals surface area contributed by atoms with E-state index in [9.17, 15) is 0 Å². The van der Waals surface area contributed by atoms with Crippen LogP contribution in [0.2, 0.25) is 0 Å². The van der Waals surface area contributed by atoms with Crippen LogP contribution in [0.4, 0.5) is 0 Å². The minimum Gasteiger partial charge on any atom is -0.359 e. The monoisotopic (exact) mass is 257 g/mol. The Hall–Kier alpha value is -0.220. The highest BCUT2D eigenvalue weighted by molar-refractivity contribution is 8.14. The largest absolute Gasteiger partial charge is 0.359 e. The van der Waals surface area contributed by atoms with Gasteiger partial charge in [-0.3, -0.25) is 4.99 Å². The fourth-order valence-corrected chi connectivity index (χ4v) is 3.23. The highest BCUT2D eigenvalue weighted by Gasteiger charge is 2.31. The van der Waals surface area contributed by atoms with Gasteiger partial charge in [0.15, 0.2) is 5.17 Å². The van der Waals surface area contributed by atoms with E-state index in [1.807, 2.05) is 11.8 Å². The first kappa shape index (κ1) is 14.8. The second-order valence-corrected chi connectivity index (χ2v) is 7.32. The van der Waals surface area contributed by atoms with Crippen LogP contribution in [0.25, 0.3) is 0 Å². The van der Waals surface area contributed by atoms with Gasteiger partial charge in [-0.2, -0.15) is 0 Å². The maximum Gasteiger partial charge on any atom is 0.157 e. The fraction of sp³-hybridized carbons (Fsp3) is 0.923. The number of nitrogens with one attached hydrogen (secondary N) is 1. The van der Waals surface area contributed by atoms with Gasteiger partial charge < -0.3 is 10.2 Å². The molecule has 0 spiro atoms. The van der Waals surface area contributed by atoms with Gasteiger partial charge in [-0.25, -0.2) is 0 Å². The molecule has 0 bridgehead atoms. The SMILES string of the molecule is CCC1(C)CSC(=NCC(C)(C)CN(C)C)N1. The van der Waals surface area contributed by atoms with Crippen LogP contribution in [0.1, 0.15) is 34.1 Å². The molecular formula is C13H27N3S. The van der Waals surface area contributed by atoms with Crippen LogP contribution < -0.4 is 5.32 Å². The van der Waals surface area contributed by atoms with Gasteiger partial charge in [-0.1, -0.05) is 32.5 Å². The average molecular weight is 257 g/mol. The lowest BCUT2D eigenvalue weighted by atomic mass is 9.93. The minimum atomic E-state index is 0.240. The molecule has 0 aromatic heterocycles. The number of rotatable bonds is 5. The zero-order valence-corrected chi connectivity index (χ0v) is 12.9. The molecule has 1 fully saturated rings. The molecule has 0 aromatic rings. The molecule has 0 aromatic carbocycles. The number of aliphatic imine (C=N–C) groups is 1. The summed E-state index contributed by atoms with van der Waals surface area (Å²) in [5, 5.41) is 4.67. The van der Waals surface area contributed by atoms with Crippen molar-refractivity contribution in [2.24, 2.45) is 10.4 Å². The van der Waals surface area contributed by atoms with Crippen LogP contribution in [0.3, 0.4) is 0 Å². The molecule has 1 unspecified atom stereocenters. The number of amidine groups is 1. The zero-order chi connectivity index (χ0) is 13.1. The first-order valence-electron chi connectivity index (χ1n) is 6.36. The summed E-state index contributed by atoms with van der Waals surface area (Å²) < 4.78 is 0. The van der Waals surface area contributed by atoms with Crippen molar-refractivity contribution < 1.29 is 0 Å². The third-order valence-corrected chi connectivity index (χ3v) is 4.40. The second kappa shape index (κ2) is 5.61. The van der Waals surface area contributed by atoms with E-state index in [4.69, 9.17) is 4.99 Å². The predicted molar refractivity (Wildman–Crippen MR) is 78.9 cm³/mol. The van der Waals surface area contributed by atoms with E-state index in [-0.39, 0.29) is 11.0 Å². The van der Waals surface area contributed by atoms with Crippen LogP contribution in [-0.2, 0) is 0 Å².